The molecule has 0 saturated heterocycles. The Hall–Kier alpha value is -2.79. The van der Waals surface area contributed by atoms with Crippen molar-refractivity contribution in [1.82, 2.24) is 4.40 Å². The second kappa shape index (κ2) is 7.62. The minimum absolute atomic E-state index is 0.239. The van der Waals surface area contributed by atoms with Crippen LogP contribution in [0.5, 0.6) is 5.75 Å². The SMILES string of the molecule is CCOC(=O)c1c(-c2ccc(OCC)c(Cl)c2)c(C=O)n2ccccc12. The Morgan fingerprint density at radius 1 is 1.19 bits per heavy atom. The van der Waals surface area contributed by atoms with E-state index in [1.165, 1.54) is 0 Å². The van der Waals surface area contributed by atoms with E-state index in [0.29, 0.717) is 45.3 Å². The Bertz CT molecular complexity index is 977. The van der Waals surface area contributed by atoms with Gasteiger partial charge in [0.05, 0.1) is 35.0 Å². The highest BCUT2D eigenvalue weighted by atomic mass is 35.5. The number of hydrogen-bond donors (Lipinski definition) is 0. The molecule has 2 aromatic heterocycles. The zero-order valence-electron chi connectivity index (χ0n) is 14.5. The molecule has 0 aliphatic carbocycles. The number of esters is 1. The number of carbonyl (C=O) groups is 2. The Labute approximate surface area is 156 Å². The van der Waals surface area contributed by atoms with Gasteiger partial charge in [0.1, 0.15) is 5.75 Å². The first-order valence-corrected chi connectivity index (χ1v) is 8.68. The summed E-state index contributed by atoms with van der Waals surface area (Å²) in [5.41, 5.74) is 2.45. The van der Waals surface area contributed by atoms with Gasteiger partial charge in [0.2, 0.25) is 0 Å². The molecule has 3 aromatic rings. The number of nitrogens with zero attached hydrogens (tertiary/aromatic N) is 1. The second-order valence-electron chi connectivity index (χ2n) is 5.51. The van der Waals surface area contributed by atoms with E-state index >= 15 is 0 Å². The fourth-order valence-electron chi connectivity index (χ4n) is 2.98. The number of fused-ring (bicyclic) bond motifs is 1. The van der Waals surface area contributed by atoms with Gasteiger partial charge in [0.15, 0.2) is 6.29 Å². The van der Waals surface area contributed by atoms with Crippen LogP contribution in [0.3, 0.4) is 0 Å². The summed E-state index contributed by atoms with van der Waals surface area (Å²) in [6.07, 6.45) is 2.47. The van der Waals surface area contributed by atoms with Crippen LogP contribution in [0, 0.1) is 0 Å². The standard InChI is InChI=1S/C20H18ClNO4/c1-3-25-17-9-8-13(11-14(17)21)18-16(12-23)22-10-6-5-7-15(22)19(18)20(24)26-4-2/h5-12H,3-4H2,1-2H3. The largest absolute Gasteiger partial charge is 0.492 e. The second-order valence-corrected chi connectivity index (χ2v) is 5.91. The average Bonchev–Trinajstić information content (AvgIpc) is 2.98. The highest BCUT2D eigenvalue weighted by Gasteiger charge is 2.25. The van der Waals surface area contributed by atoms with Crippen LogP contribution in [0.15, 0.2) is 42.6 Å². The molecule has 5 nitrogen and oxygen atoms in total. The van der Waals surface area contributed by atoms with E-state index in [1.54, 1.807) is 47.9 Å². The number of rotatable bonds is 6. The fourth-order valence-corrected chi connectivity index (χ4v) is 3.22. The minimum Gasteiger partial charge on any atom is -0.492 e. The molecule has 2 heterocycles. The molecule has 0 radical (unpaired) electrons. The molecule has 0 unspecified atom stereocenters. The number of aromatic nitrogens is 1. The fraction of sp³-hybridized carbons (Fsp3) is 0.200. The van der Waals surface area contributed by atoms with Crippen LogP contribution < -0.4 is 4.74 Å². The number of aldehydes is 1. The molecule has 0 bridgehead atoms. The topological polar surface area (TPSA) is 57.0 Å². The molecule has 0 spiro atoms. The van der Waals surface area contributed by atoms with E-state index < -0.39 is 5.97 Å². The zero-order valence-corrected chi connectivity index (χ0v) is 15.2. The lowest BCUT2D eigenvalue weighted by Gasteiger charge is -2.09. The third-order valence-electron chi connectivity index (χ3n) is 3.99. The summed E-state index contributed by atoms with van der Waals surface area (Å²) >= 11 is 6.31. The van der Waals surface area contributed by atoms with Crippen molar-refractivity contribution < 1.29 is 19.1 Å². The van der Waals surface area contributed by atoms with Gasteiger partial charge >= 0.3 is 5.97 Å². The van der Waals surface area contributed by atoms with E-state index in [-0.39, 0.29) is 6.61 Å². The molecule has 26 heavy (non-hydrogen) atoms. The molecular formula is C20H18ClNO4. The van der Waals surface area contributed by atoms with Crippen molar-refractivity contribution in [3.05, 3.63) is 58.9 Å². The van der Waals surface area contributed by atoms with Gasteiger partial charge in [-0.25, -0.2) is 4.79 Å². The van der Waals surface area contributed by atoms with Gasteiger partial charge in [-0.15, -0.1) is 0 Å². The van der Waals surface area contributed by atoms with Crippen LogP contribution in [0.4, 0.5) is 0 Å². The quantitative estimate of drug-likeness (QED) is 0.467. The smallest absolute Gasteiger partial charge is 0.340 e. The van der Waals surface area contributed by atoms with Crippen molar-refractivity contribution in [3.8, 4) is 16.9 Å². The molecule has 0 atom stereocenters. The first-order chi connectivity index (χ1) is 12.6. The molecule has 0 aliphatic heterocycles. The Kier molecular flexibility index (Phi) is 5.28. The van der Waals surface area contributed by atoms with Crippen LogP contribution in [0.2, 0.25) is 5.02 Å². The Morgan fingerprint density at radius 3 is 2.65 bits per heavy atom. The van der Waals surface area contributed by atoms with E-state index in [9.17, 15) is 9.59 Å². The van der Waals surface area contributed by atoms with Crippen molar-refractivity contribution in [1.29, 1.82) is 0 Å². The first-order valence-electron chi connectivity index (χ1n) is 8.30. The minimum atomic E-state index is -0.482. The summed E-state index contributed by atoms with van der Waals surface area (Å²) in [5.74, 6) is 0.0660. The normalized spacial score (nSPS) is 10.7. The lowest BCUT2D eigenvalue weighted by atomic mass is 10.0. The summed E-state index contributed by atoms with van der Waals surface area (Å²) in [7, 11) is 0. The lowest BCUT2D eigenvalue weighted by molar-refractivity contribution is 0.0529. The van der Waals surface area contributed by atoms with E-state index in [4.69, 9.17) is 21.1 Å². The maximum atomic E-state index is 12.6. The molecule has 0 fully saturated rings. The van der Waals surface area contributed by atoms with Gasteiger partial charge in [-0.05, 0) is 43.7 Å². The number of hydrogen-bond acceptors (Lipinski definition) is 4. The molecule has 1 aromatic carbocycles. The highest BCUT2D eigenvalue weighted by Crippen LogP contribution is 2.37. The molecule has 6 heteroatoms. The maximum absolute atomic E-state index is 12.6. The monoisotopic (exact) mass is 371 g/mol. The van der Waals surface area contributed by atoms with Gasteiger partial charge in [-0.1, -0.05) is 23.7 Å². The molecular weight excluding hydrogens is 354 g/mol. The van der Waals surface area contributed by atoms with Crippen molar-refractivity contribution in [2.75, 3.05) is 13.2 Å². The van der Waals surface area contributed by atoms with Crippen LogP contribution in [0.1, 0.15) is 34.7 Å². The Morgan fingerprint density at radius 2 is 2.00 bits per heavy atom. The van der Waals surface area contributed by atoms with Crippen LogP contribution >= 0.6 is 11.6 Å². The third-order valence-corrected chi connectivity index (χ3v) is 4.29. The molecule has 0 aliphatic rings. The molecule has 0 amide bonds. The Balaban J connectivity index is 2.30. The maximum Gasteiger partial charge on any atom is 0.340 e. The van der Waals surface area contributed by atoms with E-state index in [2.05, 4.69) is 0 Å². The lowest BCUT2D eigenvalue weighted by Crippen LogP contribution is -2.06. The van der Waals surface area contributed by atoms with E-state index in [1.807, 2.05) is 13.0 Å². The molecule has 0 N–H and O–H groups in total. The van der Waals surface area contributed by atoms with Gasteiger partial charge < -0.3 is 13.9 Å². The summed E-state index contributed by atoms with van der Waals surface area (Å²) in [5, 5.41) is 0.409. The summed E-state index contributed by atoms with van der Waals surface area (Å²) in [4.78, 5) is 24.5. The van der Waals surface area contributed by atoms with E-state index in [0.717, 1.165) is 6.29 Å². The summed E-state index contributed by atoms with van der Waals surface area (Å²) in [6, 6.07) is 10.6. The average molecular weight is 372 g/mol. The predicted molar refractivity (Wildman–Crippen MR) is 100 cm³/mol. The van der Waals surface area contributed by atoms with Crippen LogP contribution in [-0.4, -0.2) is 29.9 Å². The number of carbonyl (C=O) groups excluding carboxylic acids is 2. The van der Waals surface area contributed by atoms with Crippen molar-refractivity contribution in [2.45, 2.75) is 13.8 Å². The van der Waals surface area contributed by atoms with Crippen molar-refractivity contribution >= 4 is 29.4 Å². The van der Waals surface area contributed by atoms with Gasteiger partial charge in [-0.2, -0.15) is 0 Å². The number of benzene rings is 1. The van der Waals surface area contributed by atoms with Gasteiger partial charge in [0.25, 0.3) is 0 Å². The number of pyridine rings is 1. The number of halogens is 1. The summed E-state index contributed by atoms with van der Waals surface area (Å²) < 4.78 is 12.4. The first kappa shape index (κ1) is 18.0. The zero-order chi connectivity index (χ0) is 18.7. The third kappa shape index (κ3) is 3.06. The summed E-state index contributed by atoms with van der Waals surface area (Å²) in [6.45, 7) is 4.34. The van der Waals surface area contributed by atoms with Crippen molar-refractivity contribution in [2.24, 2.45) is 0 Å². The molecule has 3 rings (SSSR count). The molecule has 134 valence electrons. The van der Waals surface area contributed by atoms with Crippen molar-refractivity contribution in [3.63, 3.8) is 0 Å². The van der Waals surface area contributed by atoms with Crippen LogP contribution in [-0.2, 0) is 4.74 Å². The highest BCUT2D eigenvalue weighted by molar-refractivity contribution is 6.32. The van der Waals surface area contributed by atoms with Gasteiger partial charge in [-0.3, -0.25) is 4.79 Å². The van der Waals surface area contributed by atoms with Crippen LogP contribution in [0.25, 0.3) is 16.6 Å². The predicted octanol–water partition coefficient (Wildman–Crippen LogP) is 4.65. The van der Waals surface area contributed by atoms with Gasteiger partial charge in [0, 0.05) is 11.8 Å². The number of ether oxygens (including phenoxy) is 2. The molecule has 0 saturated carbocycles.